The van der Waals surface area contributed by atoms with E-state index >= 15 is 0 Å². The molecule has 1 aromatic rings. The lowest BCUT2D eigenvalue weighted by molar-refractivity contribution is 0.340. The fourth-order valence-electron chi connectivity index (χ4n) is 3.13. The topological polar surface area (TPSA) is 28.2 Å². The van der Waals surface area contributed by atoms with Gasteiger partial charge in [-0.1, -0.05) is 13.8 Å². The molecular formula is C17H29N3. The van der Waals surface area contributed by atoms with E-state index in [4.69, 9.17) is 0 Å². The number of rotatable bonds is 6. The Hall–Kier alpha value is -1.09. The van der Waals surface area contributed by atoms with E-state index in [2.05, 4.69) is 42.2 Å². The van der Waals surface area contributed by atoms with Gasteiger partial charge in [-0.05, 0) is 50.6 Å². The van der Waals surface area contributed by atoms with E-state index in [1.165, 1.54) is 43.4 Å². The molecule has 1 fully saturated rings. The van der Waals surface area contributed by atoms with E-state index in [0.717, 1.165) is 19.0 Å². The fourth-order valence-corrected chi connectivity index (χ4v) is 3.13. The van der Waals surface area contributed by atoms with Crippen molar-refractivity contribution in [1.82, 2.24) is 10.3 Å². The molecule has 1 heterocycles. The van der Waals surface area contributed by atoms with Crippen molar-refractivity contribution in [2.24, 2.45) is 5.92 Å². The molecule has 1 aromatic heterocycles. The fraction of sp³-hybridized carbons (Fsp3) is 0.706. The summed E-state index contributed by atoms with van der Waals surface area (Å²) < 4.78 is 0. The van der Waals surface area contributed by atoms with E-state index in [1.54, 1.807) is 0 Å². The van der Waals surface area contributed by atoms with Crippen LogP contribution in [-0.4, -0.2) is 24.6 Å². The predicted octanol–water partition coefficient (Wildman–Crippen LogP) is 3.60. The number of aromatic nitrogens is 1. The Morgan fingerprint density at radius 3 is 2.75 bits per heavy atom. The summed E-state index contributed by atoms with van der Waals surface area (Å²) in [4.78, 5) is 6.78. The first-order valence-corrected chi connectivity index (χ1v) is 8.08. The summed E-state index contributed by atoms with van der Waals surface area (Å²) >= 11 is 0. The van der Waals surface area contributed by atoms with E-state index in [-0.39, 0.29) is 0 Å². The summed E-state index contributed by atoms with van der Waals surface area (Å²) in [5, 5.41) is 3.49. The highest BCUT2D eigenvalue weighted by Crippen LogP contribution is 2.30. The Labute approximate surface area is 123 Å². The minimum atomic E-state index is 0.693. The molecule has 0 bridgehead atoms. The van der Waals surface area contributed by atoms with Crippen molar-refractivity contribution in [2.75, 3.05) is 18.5 Å². The lowest BCUT2D eigenvalue weighted by Gasteiger charge is -2.36. The molecule has 1 aliphatic carbocycles. The first-order chi connectivity index (χ1) is 9.72. The Morgan fingerprint density at radius 1 is 1.30 bits per heavy atom. The zero-order chi connectivity index (χ0) is 14.4. The minimum Gasteiger partial charge on any atom is -0.371 e. The third kappa shape index (κ3) is 3.95. The van der Waals surface area contributed by atoms with Gasteiger partial charge in [-0.2, -0.15) is 0 Å². The van der Waals surface area contributed by atoms with Gasteiger partial charge in [-0.15, -0.1) is 0 Å². The molecule has 112 valence electrons. The quantitative estimate of drug-likeness (QED) is 0.804. The van der Waals surface area contributed by atoms with Crippen LogP contribution in [0.2, 0.25) is 0 Å². The highest BCUT2D eigenvalue weighted by Gasteiger charge is 2.23. The third-order valence-corrected chi connectivity index (χ3v) is 4.53. The summed E-state index contributed by atoms with van der Waals surface area (Å²) in [7, 11) is 2.25. The number of nitrogens with one attached hydrogen (secondary N) is 1. The Morgan fingerprint density at radius 2 is 2.05 bits per heavy atom. The smallest absolute Gasteiger partial charge is 0.0442 e. The lowest BCUT2D eigenvalue weighted by Crippen LogP contribution is -2.35. The Balaban J connectivity index is 2.03. The molecule has 0 aromatic carbocycles. The second-order valence-corrected chi connectivity index (χ2v) is 6.21. The molecule has 3 nitrogen and oxygen atoms in total. The predicted molar refractivity (Wildman–Crippen MR) is 86.1 cm³/mol. The summed E-state index contributed by atoms with van der Waals surface area (Å²) in [5.41, 5.74) is 2.67. The van der Waals surface area contributed by atoms with E-state index in [9.17, 15) is 0 Å². The first kappa shape index (κ1) is 15.3. The summed E-state index contributed by atoms with van der Waals surface area (Å²) in [6, 6.07) is 2.86. The third-order valence-electron chi connectivity index (χ3n) is 4.53. The van der Waals surface area contributed by atoms with Crippen molar-refractivity contribution in [3.05, 3.63) is 24.0 Å². The monoisotopic (exact) mass is 275 g/mol. The molecule has 0 saturated heterocycles. The Kier molecular flexibility index (Phi) is 5.84. The van der Waals surface area contributed by atoms with Gasteiger partial charge >= 0.3 is 0 Å². The van der Waals surface area contributed by atoms with Crippen LogP contribution in [0.4, 0.5) is 5.69 Å². The van der Waals surface area contributed by atoms with Gasteiger partial charge in [0, 0.05) is 43.3 Å². The van der Waals surface area contributed by atoms with Crippen LogP contribution < -0.4 is 10.2 Å². The highest BCUT2D eigenvalue weighted by molar-refractivity contribution is 5.52. The number of hydrogen-bond donors (Lipinski definition) is 1. The molecule has 0 spiro atoms. The summed E-state index contributed by atoms with van der Waals surface area (Å²) in [5.74, 6) is 0.905. The van der Waals surface area contributed by atoms with Gasteiger partial charge in [-0.25, -0.2) is 0 Å². The molecule has 2 rings (SSSR count). The minimum absolute atomic E-state index is 0.693. The molecule has 20 heavy (non-hydrogen) atoms. The normalized spacial score (nSPS) is 22.8. The van der Waals surface area contributed by atoms with Crippen LogP contribution in [0.1, 0.15) is 51.5 Å². The molecule has 0 radical (unpaired) electrons. The van der Waals surface area contributed by atoms with Crippen LogP contribution in [0.5, 0.6) is 0 Å². The van der Waals surface area contributed by atoms with Crippen LogP contribution in [-0.2, 0) is 6.54 Å². The highest BCUT2D eigenvalue weighted by atomic mass is 15.1. The number of pyridine rings is 1. The maximum Gasteiger partial charge on any atom is 0.0442 e. The van der Waals surface area contributed by atoms with E-state index in [1.807, 2.05) is 12.4 Å². The van der Waals surface area contributed by atoms with Gasteiger partial charge in [-0.3, -0.25) is 4.98 Å². The molecule has 1 N–H and O–H groups in total. The van der Waals surface area contributed by atoms with Crippen LogP contribution in [0.15, 0.2) is 18.5 Å². The number of nitrogens with zero attached hydrogens (tertiary/aromatic N) is 2. The van der Waals surface area contributed by atoms with Crippen LogP contribution >= 0.6 is 0 Å². The molecule has 0 amide bonds. The van der Waals surface area contributed by atoms with E-state index in [0.29, 0.717) is 6.04 Å². The molecule has 1 aliphatic rings. The standard InChI is InChI=1S/C17H29N3/c1-4-10-18-12-15-13-19-11-9-17(15)20(3)16-7-5-14(2)6-8-16/h9,11,13-14,16,18H,4-8,10,12H2,1-3H3. The van der Waals surface area contributed by atoms with Crippen molar-refractivity contribution >= 4 is 5.69 Å². The second-order valence-electron chi connectivity index (χ2n) is 6.21. The van der Waals surface area contributed by atoms with Gasteiger partial charge in [0.15, 0.2) is 0 Å². The van der Waals surface area contributed by atoms with Gasteiger partial charge < -0.3 is 10.2 Å². The van der Waals surface area contributed by atoms with Gasteiger partial charge in [0.05, 0.1) is 0 Å². The van der Waals surface area contributed by atoms with E-state index < -0.39 is 0 Å². The Bertz CT molecular complexity index is 397. The molecule has 3 heteroatoms. The van der Waals surface area contributed by atoms with Crippen LogP contribution in [0.25, 0.3) is 0 Å². The first-order valence-electron chi connectivity index (χ1n) is 8.08. The maximum absolute atomic E-state index is 4.30. The van der Waals surface area contributed by atoms with Crippen molar-refractivity contribution in [1.29, 1.82) is 0 Å². The average molecular weight is 275 g/mol. The lowest BCUT2D eigenvalue weighted by atomic mass is 9.86. The molecule has 1 saturated carbocycles. The molecular weight excluding hydrogens is 246 g/mol. The van der Waals surface area contributed by atoms with Gasteiger partial charge in [0.25, 0.3) is 0 Å². The second kappa shape index (κ2) is 7.63. The maximum atomic E-state index is 4.30. The summed E-state index contributed by atoms with van der Waals surface area (Å²) in [6.45, 7) is 6.57. The summed E-state index contributed by atoms with van der Waals surface area (Å²) in [6.07, 6.45) is 10.5. The van der Waals surface area contributed by atoms with Crippen molar-refractivity contribution in [3.63, 3.8) is 0 Å². The van der Waals surface area contributed by atoms with Crippen LogP contribution in [0.3, 0.4) is 0 Å². The number of anilines is 1. The van der Waals surface area contributed by atoms with Crippen LogP contribution in [0, 0.1) is 5.92 Å². The van der Waals surface area contributed by atoms with Crippen molar-refractivity contribution < 1.29 is 0 Å². The largest absolute Gasteiger partial charge is 0.371 e. The van der Waals surface area contributed by atoms with Gasteiger partial charge in [0.1, 0.15) is 0 Å². The SMILES string of the molecule is CCCNCc1cnccc1N(C)C1CCC(C)CC1. The average Bonchev–Trinajstić information content (AvgIpc) is 2.48. The molecule has 0 unspecified atom stereocenters. The zero-order valence-corrected chi connectivity index (χ0v) is 13.2. The molecule has 0 atom stereocenters. The molecule has 0 aliphatic heterocycles. The zero-order valence-electron chi connectivity index (χ0n) is 13.2. The number of hydrogen-bond acceptors (Lipinski definition) is 3. The van der Waals surface area contributed by atoms with Crippen molar-refractivity contribution in [3.8, 4) is 0 Å². The van der Waals surface area contributed by atoms with Crippen molar-refractivity contribution in [2.45, 2.75) is 58.5 Å². The van der Waals surface area contributed by atoms with Gasteiger partial charge in [0.2, 0.25) is 0 Å².